The molecule has 1 heterocycles. The van der Waals surface area contributed by atoms with E-state index in [1.54, 1.807) is 12.4 Å². The van der Waals surface area contributed by atoms with Crippen LogP contribution in [0.1, 0.15) is 18.4 Å². The van der Waals surface area contributed by atoms with Crippen molar-refractivity contribution < 1.29 is 5.11 Å². The van der Waals surface area contributed by atoms with Gasteiger partial charge in [0, 0.05) is 19.0 Å². The Hall–Kier alpha value is -0.600. The lowest BCUT2D eigenvalue weighted by molar-refractivity contribution is 0.211. The van der Waals surface area contributed by atoms with Gasteiger partial charge in [0.1, 0.15) is 0 Å². The minimum atomic E-state index is 0.130. The lowest BCUT2D eigenvalue weighted by atomic mass is 9.98. The highest BCUT2D eigenvalue weighted by atomic mass is 35.5. The fraction of sp³-hybridized carbons (Fsp3) is 0.500. The minimum absolute atomic E-state index is 0.130. The summed E-state index contributed by atoms with van der Waals surface area (Å²) >= 11 is 5.97. The van der Waals surface area contributed by atoms with Crippen LogP contribution in [0.5, 0.6) is 0 Å². The first-order valence-corrected chi connectivity index (χ1v) is 4.83. The Labute approximate surface area is 82.6 Å². The van der Waals surface area contributed by atoms with Crippen molar-refractivity contribution in [1.82, 2.24) is 4.98 Å². The van der Waals surface area contributed by atoms with Gasteiger partial charge < -0.3 is 5.11 Å². The Kier molecular flexibility index (Phi) is 2.26. The molecule has 70 valence electrons. The molecule has 0 amide bonds. The summed E-state index contributed by atoms with van der Waals surface area (Å²) in [6.45, 7) is 0.269. The normalized spacial score (nSPS) is 18.6. The molecule has 0 aromatic carbocycles. The molecule has 13 heavy (non-hydrogen) atoms. The fourth-order valence-corrected chi connectivity index (χ4v) is 1.71. The van der Waals surface area contributed by atoms with E-state index in [0.29, 0.717) is 5.02 Å². The van der Waals surface area contributed by atoms with Crippen LogP contribution in [0.15, 0.2) is 18.5 Å². The van der Waals surface area contributed by atoms with Crippen LogP contribution in [-0.4, -0.2) is 16.7 Å². The Morgan fingerprint density at radius 1 is 1.54 bits per heavy atom. The second-order valence-electron chi connectivity index (χ2n) is 3.80. The largest absolute Gasteiger partial charge is 0.396 e. The molecule has 1 aliphatic carbocycles. The molecular formula is C10H12ClNO. The number of rotatable bonds is 3. The van der Waals surface area contributed by atoms with Gasteiger partial charge in [-0.05, 0) is 36.3 Å². The zero-order valence-electron chi connectivity index (χ0n) is 7.33. The number of hydrogen-bond acceptors (Lipinski definition) is 2. The van der Waals surface area contributed by atoms with Crippen molar-refractivity contribution in [2.24, 2.45) is 5.41 Å². The Morgan fingerprint density at radius 2 is 2.31 bits per heavy atom. The third-order valence-electron chi connectivity index (χ3n) is 2.71. The van der Waals surface area contributed by atoms with Crippen molar-refractivity contribution in [2.45, 2.75) is 19.3 Å². The first-order chi connectivity index (χ1) is 6.26. The predicted octanol–water partition coefficient (Wildman–Crippen LogP) is 2.05. The van der Waals surface area contributed by atoms with Gasteiger partial charge in [0.15, 0.2) is 0 Å². The summed E-state index contributed by atoms with van der Waals surface area (Å²) in [7, 11) is 0. The van der Waals surface area contributed by atoms with Gasteiger partial charge in [-0.15, -0.1) is 0 Å². The van der Waals surface area contributed by atoms with E-state index >= 15 is 0 Å². The SMILES string of the molecule is OCC1(Cc2ccncc2Cl)CC1. The van der Waals surface area contributed by atoms with E-state index in [9.17, 15) is 0 Å². The molecule has 0 atom stereocenters. The molecule has 0 saturated heterocycles. The number of nitrogens with zero attached hydrogens (tertiary/aromatic N) is 1. The van der Waals surface area contributed by atoms with Crippen LogP contribution in [0.2, 0.25) is 5.02 Å². The van der Waals surface area contributed by atoms with Crippen LogP contribution in [0.4, 0.5) is 0 Å². The second kappa shape index (κ2) is 3.28. The van der Waals surface area contributed by atoms with E-state index < -0.39 is 0 Å². The monoisotopic (exact) mass is 197 g/mol. The number of aliphatic hydroxyl groups excluding tert-OH is 1. The molecule has 3 heteroatoms. The third kappa shape index (κ3) is 1.84. The molecule has 1 saturated carbocycles. The average Bonchev–Trinajstić information content (AvgIpc) is 2.90. The van der Waals surface area contributed by atoms with Gasteiger partial charge in [0.25, 0.3) is 0 Å². The van der Waals surface area contributed by atoms with Crippen LogP contribution < -0.4 is 0 Å². The van der Waals surface area contributed by atoms with E-state index in [4.69, 9.17) is 16.7 Å². The van der Waals surface area contributed by atoms with Crippen LogP contribution >= 0.6 is 11.6 Å². The van der Waals surface area contributed by atoms with Crippen molar-refractivity contribution in [3.05, 3.63) is 29.0 Å². The highest BCUT2D eigenvalue weighted by Gasteiger charge is 2.42. The smallest absolute Gasteiger partial charge is 0.0621 e. The lowest BCUT2D eigenvalue weighted by Gasteiger charge is -2.11. The molecule has 0 bridgehead atoms. The standard InChI is InChI=1S/C10H12ClNO/c11-9-6-12-4-1-8(9)5-10(7-13)2-3-10/h1,4,6,13H,2-3,5,7H2. The van der Waals surface area contributed by atoms with Gasteiger partial charge in [0.05, 0.1) is 5.02 Å². The molecule has 1 fully saturated rings. The predicted molar refractivity (Wildman–Crippen MR) is 51.7 cm³/mol. The van der Waals surface area contributed by atoms with E-state index in [2.05, 4.69) is 4.98 Å². The Morgan fingerprint density at radius 3 is 2.85 bits per heavy atom. The van der Waals surface area contributed by atoms with E-state index in [1.165, 1.54) is 0 Å². The molecular weight excluding hydrogens is 186 g/mol. The van der Waals surface area contributed by atoms with Gasteiger partial charge in [-0.3, -0.25) is 4.98 Å². The third-order valence-corrected chi connectivity index (χ3v) is 3.05. The average molecular weight is 198 g/mol. The number of hydrogen-bond donors (Lipinski definition) is 1. The fourth-order valence-electron chi connectivity index (χ4n) is 1.52. The van der Waals surface area contributed by atoms with Gasteiger partial charge in [0.2, 0.25) is 0 Å². The number of aliphatic hydroxyl groups is 1. The topological polar surface area (TPSA) is 33.1 Å². The van der Waals surface area contributed by atoms with Crippen molar-refractivity contribution in [1.29, 1.82) is 0 Å². The summed E-state index contributed by atoms with van der Waals surface area (Å²) in [5.41, 5.74) is 1.23. The maximum absolute atomic E-state index is 9.15. The van der Waals surface area contributed by atoms with Crippen LogP contribution in [0.3, 0.4) is 0 Å². The maximum atomic E-state index is 9.15. The number of pyridine rings is 1. The minimum Gasteiger partial charge on any atom is -0.396 e. The second-order valence-corrected chi connectivity index (χ2v) is 4.21. The van der Waals surface area contributed by atoms with E-state index in [1.807, 2.05) is 6.07 Å². The zero-order chi connectivity index (χ0) is 9.31. The maximum Gasteiger partial charge on any atom is 0.0621 e. The Bertz CT molecular complexity index is 310. The molecule has 1 aliphatic rings. The molecule has 1 N–H and O–H groups in total. The highest BCUT2D eigenvalue weighted by molar-refractivity contribution is 6.31. The zero-order valence-corrected chi connectivity index (χ0v) is 8.09. The summed E-state index contributed by atoms with van der Waals surface area (Å²) in [6, 6.07) is 1.93. The van der Waals surface area contributed by atoms with Crippen molar-refractivity contribution >= 4 is 11.6 Å². The summed E-state index contributed by atoms with van der Waals surface area (Å²) < 4.78 is 0. The molecule has 1 aromatic rings. The number of halogens is 1. The first kappa shape index (κ1) is 8.97. The molecule has 0 aliphatic heterocycles. The van der Waals surface area contributed by atoms with Crippen LogP contribution in [0, 0.1) is 5.41 Å². The molecule has 1 aromatic heterocycles. The quantitative estimate of drug-likeness (QED) is 0.805. The Balaban J connectivity index is 2.14. The van der Waals surface area contributed by atoms with Gasteiger partial charge in [-0.25, -0.2) is 0 Å². The molecule has 0 radical (unpaired) electrons. The molecule has 2 rings (SSSR count). The van der Waals surface area contributed by atoms with Gasteiger partial charge >= 0.3 is 0 Å². The lowest BCUT2D eigenvalue weighted by Crippen LogP contribution is -2.10. The number of aromatic nitrogens is 1. The van der Waals surface area contributed by atoms with Crippen LogP contribution in [0.25, 0.3) is 0 Å². The van der Waals surface area contributed by atoms with Gasteiger partial charge in [-0.1, -0.05) is 11.6 Å². The van der Waals surface area contributed by atoms with Gasteiger partial charge in [-0.2, -0.15) is 0 Å². The van der Waals surface area contributed by atoms with Crippen molar-refractivity contribution in [2.75, 3.05) is 6.61 Å². The van der Waals surface area contributed by atoms with E-state index in [0.717, 1.165) is 24.8 Å². The highest BCUT2D eigenvalue weighted by Crippen LogP contribution is 2.48. The van der Waals surface area contributed by atoms with Crippen LogP contribution in [-0.2, 0) is 6.42 Å². The first-order valence-electron chi connectivity index (χ1n) is 4.45. The van der Waals surface area contributed by atoms with E-state index in [-0.39, 0.29) is 12.0 Å². The summed E-state index contributed by atoms with van der Waals surface area (Å²) in [5.74, 6) is 0. The van der Waals surface area contributed by atoms with Crippen molar-refractivity contribution in [3.8, 4) is 0 Å². The summed E-state index contributed by atoms with van der Waals surface area (Å²) in [5, 5.41) is 9.86. The molecule has 2 nitrogen and oxygen atoms in total. The van der Waals surface area contributed by atoms with Crippen molar-refractivity contribution in [3.63, 3.8) is 0 Å². The molecule has 0 unspecified atom stereocenters. The summed E-state index contributed by atoms with van der Waals surface area (Å²) in [6.07, 6.45) is 6.51. The summed E-state index contributed by atoms with van der Waals surface area (Å²) in [4.78, 5) is 3.93. The molecule has 0 spiro atoms.